The summed E-state index contributed by atoms with van der Waals surface area (Å²) in [6.07, 6.45) is 0. The van der Waals surface area contributed by atoms with Crippen LogP contribution in [0, 0.1) is 0 Å². The monoisotopic (exact) mass is 470 g/mol. The van der Waals surface area contributed by atoms with Gasteiger partial charge in [-0.3, -0.25) is 0 Å². The van der Waals surface area contributed by atoms with Crippen LogP contribution < -0.4 is 0 Å². The van der Waals surface area contributed by atoms with Crippen molar-refractivity contribution in [2.75, 3.05) is 0 Å². The predicted octanol–water partition coefficient (Wildman–Crippen LogP) is -1.30. The third-order valence-corrected chi connectivity index (χ3v) is 0. The Labute approximate surface area is 156 Å². The van der Waals surface area contributed by atoms with Crippen LogP contribution in [0.5, 0.6) is 0 Å². The molecule has 0 saturated carbocycles. The van der Waals surface area contributed by atoms with Crippen molar-refractivity contribution in [2.24, 2.45) is 0 Å². The second-order valence-electron chi connectivity index (χ2n) is 0. The fourth-order valence-electron chi connectivity index (χ4n) is 0. The van der Waals surface area contributed by atoms with E-state index < -0.39 is 0 Å². The molecule has 4 nitrogen and oxygen atoms in total. The van der Waals surface area contributed by atoms with Gasteiger partial charge in [-0.2, -0.15) is 0 Å². The third kappa shape index (κ3) is 265. The van der Waals surface area contributed by atoms with Crippen LogP contribution in [-0.2, 0) is 78.6 Å². The molecule has 0 bridgehead atoms. The Morgan fingerprint density at radius 2 is 0.308 bits per heavy atom. The quantitative estimate of drug-likeness (QED) is 0.388. The maximum absolute atomic E-state index is 0. The SMILES string of the molecule is C.C.C.[N-3].[N-3].[N-3].[N-3].[SiH4].[SiH4].[SiH4].[Zr+4].[Zr+4].[Zr+4]. The van der Waals surface area contributed by atoms with E-state index in [0.717, 1.165) is 0 Å². The van der Waals surface area contributed by atoms with Crippen LogP contribution in [-0.4, -0.2) is 32.9 Å². The molecule has 0 aromatic heterocycles. The summed E-state index contributed by atoms with van der Waals surface area (Å²) in [5, 5.41) is 0. The van der Waals surface area contributed by atoms with Gasteiger partial charge in [-0.15, -0.1) is 0 Å². The molecule has 13 heavy (non-hydrogen) atoms. The molecular formula is C3H24N4Si3Zr3. The van der Waals surface area contributed by atoms with Gasteiger partial charge in [0.25, 0.3) is 0 Å². The third-order valence-electron chi connectivity index (χ3n) is 0. The van der Waals surface area contributed by atoms with Crippen LogP contribution in [0.15, 0.2) is 0 Å². The van der Waals surface area contributed by atoms with Crippen molar-refractivity contribution >= 4 is 32.9 Å². The van der Waals surface area contributed by atoms with Crippen LogP contribution in [0.25, 0.3) is 24.6 Å². The van der Waals surface area contributed by atoms with Crippen LogP contribution in [0.1, 0.15) is 22.3 Å². The second-order valence-corrected chi connectivity index (χ2v) is 0. The van der Waals surface area contributed by atoms with Gasteiger partial charge in [0.2, 0.25) is 0 Å². The Morgan fingerprint density at radius 3 is 0.308 bits per heavy atom. The molecule has 0 radical (unpaired) electrons. The maximum Gasteiger partial charge on any atom is 4.00 e. The minimum absolute atomic E-state index is 0. The van der Waals surface area contributed by atoms with E-state index in [-0.39, 0.29) is 158 Å². The molecule has 0 fully saturated rings. The van der Waals surface area contributed by atoms with Crippen molar-refractivity contribution in [2.45, 2.75) is 22.3 Å². The zero-order chi connectivity index (χ0) is 0. The van der Waals surface area contributed by atoms with Crippen LogP contribution in [0.2, 0.25) is 0 Å². The maximum atomic E-state index is 0. The first-order chi connectivity index (χ1) is 0. The van der Waals surface area contributed by atoms with Crippen molar-refractivity contribution in [3.8, 4) is 0 Å². The van der Waals surface area contributed by atoms with Gasteiger partial charge < -0.3 is 24.6 Å². The van der Waals surface area contributed by atoms with Crippen molar-refractivity contribution < 1.29 is 78.6 Å². The zero-order valence-electron chi connectivity index (χ0n) is 3.29. The average molecular weight is 474 g/mol. The van der Waals surface area contributed by atoms with Gasteiger partial charge >= 0.3 is 78.6 Å². The first-order valence-corrected chi connectivity index (χ1v) is 0. The summed E-state index contributed by atoms with van der Waals surface area (Å²) in [6, 6.07) is 0. The van der Waals surface area contributed by atoms with E-state index in [2.05, 4.69) is 0 Å². The Hall–Kier alpha value is 3.14. The van der Waals surface area contributed by atoms with E-state index in [9.17, 15) is 0 Å². The smallest absolute Gasteiger partial charge is 3.00 e. The fraction of sp³-hybridized carbons (Fsp3) is 1.00. The molecule has 0 spiro atoms. The molecule has 0 unspecified atom stereocenters. The molecule has 0 amide bonds. The van der Waals surface area contributed by atoms with E-state index in [1.165, 1.54) is 0 Å². The summed E-state index contributed by atoms with van der Waals surface area (Å²) in [5.74, 6) is 0. The number of hydrogen-bond acceptors (Lipinski definition) is 0. The molecule has 0 N–H and O–H groups in total. The number of nitrogens with zero attached hydrogens (tertiary/aromatic N) is 4. The normalized spacial score (nSPS) is 0. The van der Waals surface area contributed by atoms with Gasteiger partial charge in [-0.1, -0.05) is 22.3 Å². The van der Waals surface area contributed by atoms with Gasteiger partial charge in [0.15, 0.2) is 0 Å². The van der Waals surface area contributed by atoms with Gasteiger partial charge in [0.1, 0.15) is 0 Å². The summed E-state index contributed by atoms with van der Waals surface area (Å²) in [6.45, 7) is 0. The van der Waals surface area contributed by atoms with Crippen molar-refractivity contribution in [3.63, 3.8) is 0 Å². The van der Waals surface area contributed by atoms with Gasteiger partial charge in [-0.05, 0) is 32.9 Å². The Morgan fingerprint density at radius 1 is 0.308 bits per heavy atom. The summed E-state index contributed by atoms with van der Waals surface area (Å²) in [7, 11) is 0. The molecule has 0 aliphatic rings. The van der Waals surface area contributed by atoms with E-state index in [0.29, 0.717) is 0 Å². The molecule has 0 rings (SSSR count). The Bertz CT molecular complexity index is 25.8. The molecule has 0 aliphatic carbocycles. The van der Waals surface area contributed by atoms with Gasteiger partial charge in [-0.25, -0.2) is 0 Å². The largest absolute Gasteiger partial charge is 4.00 e. The second kappa shape index (κ2) is 307. The Balaban J connectivity index is 0. The fourth-order valence-corrected chi connectivity index (χ4v) is 0. The molecular weight excluding hydrogens is 450 g/mol. The first kappa shape index (κ1) is 375. The standard InChI is InChI=1S/3CH4.4N.3H4Si.3Zr/h3*1H4;;;;;3*1H4;;;/q;;;4*-3;;;;3*+4. The first-order valence-electron chi connectivity index (χ1n) is 0. The summed E-state index contributed by atoms with van der Waals surface area (Å²) < 4.78 is 0. The summed E-state index contributed by atoms with van der Waals surface area (Å²) in [5.41, 5.74) is 0. The predicted molar refractivity (Wildman–Crippen MR) is 67.6 cm³/mol. The molecule has 0 heterocycles. The molecule has 10 heteroatoms. The van der Waals surface area contributed by atoms with E-state index in [1.807, 2.05) is 0 Å². The topological polar surface area (TPSA) is 122 Å². The van der Waals surface area contributed by atoms with E-state index in [4.69, 9.17) is 0 Å². The van der Waals surface area contributed by atoms with Gasteiger partial charge in [0, 0.05) is 0 Å². The van der Waals surface area contributed by atoms with Crippen molar-refractivity contribution in [3.05, 3.63) is 24.6 Å². The molecule has 0 aromatic rings. The molecule has 0 aliphatic heterocycles. The summed E-state index contributed by atoms with van der Waals surface area (Å²) >= 11 is 0. The molecule has 80 valence electrons. The minimum atomic E-state index is 0. The minimum Gasteiger partial charge on any atom is -3.00 e. The van der Waals surface area contributed by atoms with Crippen molar-refractivity contribution in [1.29, 1.82) is 0 Å². The molecule has 0 saturated heterocycles. The average Bonchev–Trinajstić information content (AvgIpc) is 0. The molecule has 0 aromatic carbocycles. The van der Waals surface area contributed by atoms with Crippen LogP contribution in [0.3, 0.4) is 0 Å². The van der Waals surface area contributed by atoms with Crippen LogP contribution >= 0.6 is 0 Å². The van der Waals surface area contributed by atoms with E-state index >= 15 is 0 Å². The van der Waals surface area contributed by atoms with Gasteiger partial charge in [0.05, 0.1) is 0 Å². The zero-order valence-corrected chi connectivity index (χ0v) is 10.7. The molecule has 0 atom stereocenters. The van der Waals surface area contributed by atoms with Crippen molar-refractivity contribution in [1.82, 2.24) is 0 Å². The summed E-state index contributed by atoms with van der Waals surface area (Å²) in [4.78, 5) is 0. The van der Waals surface area contributed by atoms with E-state index in [1.54, 1.807) is 0 Å². The number of rotatable bonds is 0. The van der Waals surface area contributed by atoms with Crippen LogP contribution in [0.4, 0.5) is 0 Å². The number of hydrogen-bond donors (Lipinski definition) is 0. The Kier molecular flexibility index (Phi) is 8860.